The lowest BCUT2D eigenvalue weighted by Crippen LogP contribution is -2.51. The van der Waals surface area contributed by atoms with E-state index in [2.05, 4.69) is 25.7 Å². The standard InChI is InChI=1S/C15H24O3/c1-11(2)13(16)6-5-12(3)15-9-7-14(4,8-10-15)17-18-15/h7,9,12-13,16H,1,5-6,8,10H2,2-4H3/t12?,13?,14-,15+/m0/s1. The fourth-order valence-corrected chi connectivity index (χ4v) is 2.63. The lowest BCUT2D eigenvalue weighted by Gasteiger charge is -2.48. The fraction of sp³-hybridized carbons (Fsp3) is 0.733. The summed E-state index contributed by atoms with van der Waals surface area (Å²) in [6.07, 6.45) is 7.47. The Kier molecular flexibility index (Phi) is 3.67. The summed E-state index contributed by atoms with van der Waals surface area (Å²) in [5, 5.41) is 9.79. The van der Waals surface area contributed by atoms with Gasteiger partial charge in [0, 0.05) is 0 Å². The van der Waals surface area contributed by atoms with Gasteiger partial charge in [0.1, 0.15) is 11.2 Å². The van der Waals surface area contributed by atoms with Crippen LogP contribution in [0.3, 0.4) is 0 Å². The van der Waals surface area contributed by atoms with Gasteiger partial charge in [-0.25, -0.2) is 9.78 Å². The van der Waals surface area contributed by atoms with Crippen molar-refractivity contribution < 1.29 is 14.9 Å². The number of fused-ring (bicyclic) bond motifs is 2. The van der Waals surface area contributed by atoms with E-state index in [4.69, 9.17) is 9.78 Å². The van der Waals surface area contributed by atoms with E-state index in [1.54, 1.807) is 0 Å². The number of aliphatic hydroxyl groups is 1. The van der Waals surface area contributed by atoms with Crippen molar-refractivity contribution in [3.8, 4) is 0 Å². The van der Waals surface area contributed by atoms with Crippen molar-refractivity contribution in [3.05, 3.63) is 24.3 Å². The van der Waals surface area contributed by atoms with Crippen LogP contribution in [0.4, 0.5) is 0 Å². The monoisotopic (exact) mass is 252 g/mol. The average molecular weight is 252 g/mol. The zero-order valence-electron chi connectivity index (χ0n) is 11.6. The molecule has 0 saturated carbocycles. The van der Waals surface area contributed by atoms with Crippen molar-refractivity contribution in [1.29, 1.82) is 0 Å². The molecule has 0 amide bonds. The minimum atomic E-state index is -0.411. The molecule has 1 N–H and O–H groups in total. The van der Waals surface area contributed by atoms with Gasteiger partial charge < -0.3 is 5.11 Å². The maximum atomic E-state index is 9.79. The lowest BCUT2D eigenvalue weighted by molar-refractivity contribution is -0.432. The molecule has 0 radical (unpaired) electrons. The Morgan fingerprint density at radius 2 is 2.06 bits per heavy atom. The van der Waals surface area contributed by atoms with Crippen LogP contribution in [0.15, 0.2) is 24.3 Å². The Balaban J connectivity index is 1.95. The Bertz CT molecular complexity index is 351. The van der Waals surface area contributed by atoms with E-state index in [0.29, 0.717) is 5.92 Å². The van der Waals surface area contributed by atoms with Gasteiger partial charge >= 0.3 is 0 Å². The van der Waals surface area contributed by atoms with E-state index in [9.17, 15) is 5.11 Å². The van der Waals surface area contributed by atoms with Gasteiger partial charge in [-0.2, -0.15) is 0 Å². The molecule has 1 saturated heterocycles. The molecule has 0 aromatic rings. The number of rotatable bonds is 5. The van der Waals surface area contributed by atoms with Crippen LogP contribution in [0.25, 0.3) is 0 Å². The molecule has 102 valence electrons. The second kappa shape index (κ2) is 4.80. The van der Waals surface area contributed by atoms with Crippen LogP contribution in [0, 0.1) is 5.92 Å². The van der Waals surface area contributed by atoms with Gasteiger partial charge in [-0.3, -0.25) is 0 Å². The van der Waals surface area contributed by atoms with Crippen LogP contribution in [0.2, 0.25) is 0 Å². The van der Waals surface area contributed by atoms with Crippen LogP contribution in [0.5, 0.6) is 0 Å². The summed E-state index contributed by atoms with van der Waals surface area (Å²) >= 11 is 0. The molecule has 2 unspecified atom stereocenters. The van der Waals surface area contributed by atoms with Crippen LogP contribution in [-0.2, 0) is 9.78 Å². The Labute approximate surface area is 109 Å². The number of hydrogen-bond acceptors (Lipinski definition) is 3. The van der Waals surface area contributed by atoms with Crippen LogP contribution >= 0.6 is 0 Å². The largest absolute Gasteiger partial charge is 0.389 e. The van der Waals surface area contributed by atoms with Crippen molar-refractivity contribution in [2.24, 2.45) is 5.92 Å². The summed E-state index contributed by atoms with van der Waals surface area (Å²) in [6.45, 7) is 9.84. The molecular weight excluding hydrogens is 228 g/mol. The number of hydrogen-bond donors (Lipinski definition) is 1. The molecule has 1 fully saturated rings. The molecule has 3 nitrogen and oxygen atoms in total. The smallest absolute Gasteiger partial charge is 0.124 e. The zero-order chi connectivity index (χ0) is 13.4. The van der Waals surface area contributed by atoms with Gasteiger partial charge in [-0.05, 0) is 45.4 Å². The molecule has 2 bridgehead atoms. The summed E-state index contributed by atoms with van der Waals surface area (Å²) in [5.74, 6) is 0.326. The summed E-state index contributed by atoms with van der Waals surface area (Å²) in [7, 11) is 0. The summed E-state index contributed by atoms with van der Waals surface area (Å²) in [5.41, 5.74) is 0.290. The Morgan fingerprint density at radius 3 is 2.50 bits per heavy atom. The zero-order valence-corrected chi connectivity index (χ0v) is 11.6. The average Bonchev–Trinajstić information content (AvgIpc) is 2.36. The van der Waals surface area contributed by atoms with Gasteiger partial charge in [0.15, 0.2) is 0 Å². The second-order valence-corrected chi connectivity index (χ2v) is 6.11. The highest BCUT2D eigenvalue weighted by Gasteiger charge is 2.48. The second-order valence-electron chi connectivity index (χ2n) is 6.11. The highest BCUT2D eigenvalue weighted by Crippen LogP contribution is 2.45. The molecule has 3 aliphatic rings. The molecule has 2 aliphatic heterocycles. The van der Waals surface area contributed by atoms with Crippen LogP contribution in [0.1, 0.15) is 46.5 Å². The maximum absolute atomic E-state index is 9.79. The molecule has 0 aromatic carbocycles. The van der Waals surface area contributed by atoms with Crippen molar-refractivity contribution in [2.75, 3.05) is 0 Å². The van der Waals surface area contributed by atoms with E-state index in [0.717, 1.165) is 31.3 Å². The fourth-order valence-electron chi connectivity index (χ4n) is 2.63. The SMILES string of the molecule is C=C(C)C(O)CCC(C)[C@@]12C=C[C@@](C)(CC1)OO2. The molecule has 18 heavy (non-hydrogen) atoms. The van der Waals surface area contributed by atoms with Crippen molar-refractivity contribution >= 4 is 0 Å². The first kappa shape index (κ1) is 13.8. The summed E-state index contributed by atoms with van der Waals surface area (Å²) in [4.78, 5) is 11.1. The Hall–Kier alpha value is -0.640. The van der Waals surface area contributed by atoms with E-state index < -0.39 is 6.10 Å². The highest BCUT2D eigenvalue weighted by atomic mass is 17.2. The third-order valence-corrected chi connectivity index (χ3v) is 4.39. The predicted octanol–water partition coefficient (Wildman–Crippen LogP) is 3.15. The molecule has 4 atom stereocenters. The minimum absolute atomic E-state index is 0.237. The first-order valence-corrected chi connectivity index (χ1v) is 6.78. The van der Waals surface area contributed by atoms with Gasteiger partial charge in [-0.15, -0.1) is 0 Å². The van der Waals surface area contributed by atoms with Gasteiger partial charge in [0.25, 0.3) is 0 Å². The first-order chi connectivity index (χ1) is 8.37. The van der Waals surface area contributed by atoms with Crippen LogP contribution in [-0.4, -0.2) is 22.4 Å². The van der Waals surface area contributed by atoms with Crippen molar-refractivity contribution in [2.45, 2.75) is 63.8 Å². The van der Waals surface area contributed by atoms with E-state index >= 15 is 0 Å². The lowest BCUT2D eigenvalue weighted by atomic mass is 9.74. The summed E-state index contributed by atoms with van der Waals surface area (Å²) in [6, 6.07) is 0. The first-order valence-electron chi connectivity index (χ1n) is 6.78. The van der Waals surface area contributed by atoms with Gasteiger partial charge in [0.2, 0.25) is 0 Å². The topological polar surface area (TPSA) is 38.7 Å². The molecule has 3 heteroatoms. The van der Waals surface area contributed by atoms with E-state index in [1.165, 1.54) is 0 Å². The van der Waals surface area contributed by atoms with E-state index in [-0.39, 0.29) is 11.2 Å². The molecular formula is C15H24O3. The normalized spacial score (nSPS) is 37.6. The predicted molar refractivity (Wildman–Crippen MR) is 70.9 cm³/mol. The summed E-state index contributed by atoms with van der Waals surface area (Å²) < 4.78 is 0. The molecule has 1 aliphatic carbocycles. The van der Waals surface area contributed by atoms with Crippen molar-refractivity contribution in [3.63, 3.8) is 0 Å². The van der Waals surface area contributed by atoms with Crippen molar-refractivity contribution in [1.82, 2.24) is 0 Å². The molecule has 0 spiro atoms. The Morgan fingerprint density at radius 1 is 1.33 bits per heavy atom. The molecule has 3 rings (SSSR count). The van der Waals surface area contributed by atoms with Crippen LogP contribution < -0.4 is 0 Å². The third-order valence-electron chi connectivity index (χ3n) is 4.39. The molecule has 2 heterocycles. The maximum Gasteiger partial charge on any atom is 0.124 e. The quantitative estimate of drug-likeness (QED) is 0.603. The van der Waals surface area contributed by atoms with Gasteiger partial charge in [0.05, 0.1) is 6.10 Å². The molecule has 0 aromatic heterocycles. The number of aliphatic hydroxyl groups excluding tert-OH is 1. The van der Waals surface area contributed by atoms with Gasteiger partial charge in [-0.1, -0.05) is 31.2 Å². The third kappa shape index (κ3) is 2.53. The van der Waals surface area contributed by atoms with E-state index in [1.807, 2.05) is 13.8 Å². The highest BCUT2D eigenvalue weighted by molar-refractivity contribution is 5.18. The minimum Gasteiger partial charge on any atom is -0.389 e.